The normalized spacial score (nSPS) is 17.2. The first-order chi connectivity index (χ1) is 13.3. The zero-order valence-corrected chi connectivity index (χ0v) is 17.3. The molecule has 1 N–H and O–H groups in total. The van der Waals surface area contributed by atoms with E-state index in [0.717, 1.165) is 40.4 Å². The number of hydrogen-bond acceptors (Lipinski definition) is 4. The second kappa shape index (κ2) is 8.13. The molecule has 0 saturated heterocycles. The highest BCUT2D eigenvalue weighted by Gasteiger charge is 2.34. The largest absolute Gasteiger partial charge is 0.497 e. The molecule has 28 heavy (non-hydrogen) atoms. The molecule has 150 valence electrons. The van der Waals surface area contributed by atoms with Crippen molar-refractivity contribution in [2.45, 2.75) is 51.7 Å². The van der Waals surface area contributed by atoms with Crippen molar-refractivity contribution in [2.24, 2.45) is 0 Å². The van der Waals surface area contributed by atoms with Gasteiger partial charge in [0.05, 0.1) is 20.3 Å². The number of hydrogen-bond donors (Lipinski definition) is 1. The summed E-state index contributed by atoms with van der Waals surface area (Å²) in [6.07, 6.45) is 1.85. The van der Waals surface area contributed by atoms with Gasteiger partial charge in [-0.25, -0.2) is 0 Å². The summed E-state index contributed by atoms with van der Waals surface area (Å²) in [5, 5.41) is 3.19. The number of rotatable bonds is 6. The van der Waals surface area contributed by atoms with E-state index in [0.29, 0.717) is 12.8 Å². The summed E-state index contributed by atoms with van der Waals surface area (Å²) in [5.74, 6) is 2.42. The Morgan fingerprint density at radius 3 is 2.64 bits per heavy atom. The molecule has 1 unspecified atom stereocenters. The molecule has 0 aliphatic carbocycles. The number of carbonyl (C=O) groups is 1. The molecule has 1 aliphatic heterocycles. The number of fused-ring (bicyclic) bond motifs is 1. The molecule has 2 aromatic rings. The van der Waals surface area contributed by atoms with Crippen LogP contribution < -0.4 is 19.5 Å². The molecule has 1 heterocycles. The Kier molecular flexibility index (Phi) is 5.82. The molecule has 5 nitrogen and oxygen atoms in total. The maximum atomic E-state index is 12.6. The average molecular weight is 383 g/mol. The second-order valence-corrected chi connectivity index (χ2v) is 7.89. The molecular formula is C23H29NO4. The van der Waals surface area contributed by atoms with Crippen molar-refractivity contribution in [1.82, 2.24) is 5.32 Å². The number of aryl methyl sites for hydroxylation is 2. The fraction of sp³-hybridized carbons (Fsp3) is 0.435. The smallest absolute Gasteiger partial charge is 0.220 e. The van der Waals surface area contributed by atoms with E-state index in [-0.39, 0.29) is 17.6 Å². The minimum atomic E-state index is -0.357. The van der Waals surface area contributed by atoms with Crippen molar-refractivity contribution in [2.75, 3.05) is 14.2 Å². The third-order valence-electron chi connectivity index (χ3n) is 5.11. The lowest BCUT2D eigenvalue weighted by Gasteiger charge is -2.38. The lowest BCUT2D eigenvalue weighted by molar-refractivity contribution is -0.122. The van der Waals surface area contributed by atoms with Crippen LogP contribution >= 0.6 is 0 Å². The molecular weight excluding hydrogens is 354 g/mol. The fourth-order valence-electron chi connectivity index (χ4n) is 3.71. The maximum Gasteiger partial charge on any atom is 0.220 e. The summed E-state index contributed by atoms with van der Waals surface area (Å²) in [6.45, 7) is 6.08. The first-order valence-electron chi connectivity index (χ1n) is 9.61. The van der Waals surface area contributed by atoms with Crippen LogP contribution in [-0.2, 0) is 11.2 Å². The highest BCUT2D eigenvalue weighted by molar-refractivity contribution is 5.77. The predicted octanol–water partition coefficient (Wildman–Crippen LogP) is 4.36. The lowest BCUT2D eigenvalue weighted by atomic mass is 9.89. The van der Waals surface area contributed by atoms with Gasteiger partial charge in [-0.1, -0.05) is 12.1 Å². The van der Waals surface area contributed by atoms with E-state index >= 15 is 0 Å². The number of carbonyl (C=O) groups excluding carboxylic acids is 1. The van der Waals surface area contributed by atoms with Gasteiger partial charge in [0.1, 0.15) is 22.8 Å². The summed E-state index contributed by atoms with van der Waals surface area (Å²) in [6, 6.07) is 11.7. The van der Waals surface area contributed by atoms with Gasteiger partial charge in [0.25, 0.3) is 0 Å². The topological polar surface area (TPSA) is 56.8 Å². The summed E-state index contributed by atoms with van der Waals surface area (Å²) < 4.78 is 16.7. The van der Waals surface area contributed by atoms with E-state index in [1.54, 1.807) is 14.2 Å². The molecule has 1 atom stereocenters. The Morgan fingerprint density at radius 1 is 1.18 bits per heavy atom. The van der Waals surface area contributed by atoms with Crippen LogP contribution in [0.15, 0.2) is 36.4 Å². The third kappa shape index (κ3) is 4.58. The zero-order valence-electron chi connectivity index (χ0n) is 17.3. The van der Waals surface area contributed by atoms with Gasteiger partial charge in [0.15, 0.2) is 0 Å². The minimum Gasteiger partial charge on any atom is -0.497 e. The van der Waals surface area contributed by atoms with Gasteiger partial charge in [-0.3, -0.25) is 4.79 Å². The Morgan fingerprint density at radius 2 is 1.96 bits per heavy atom. The first-order valence-corrected chi connectivity index (χ1v) is 9.61. The zero-order chi connectivity index (χ0) is 20.3. The SMILES string of the molecule is COc1ccc2c(c1)OC(C)(C)CC2NC(=O)CCc1ccc(OC)c(C)c1. The van der Waals surface area contributed by atoms with Gasteiger partial charge in [0.2, 0.25) is 5.91 Å². The number of methoxy groups -OCH3 is 2. The van der Waals surface area contributed by atoms with Crippen molar-refractivity contribution >= 4 is 5.91 Å². The molecule has 0 fully saturated rings. The van der Waals surface area contributed by atoms with Gasteiger partial charge in [-0.2, -0.15) is 0 Å². The van der Waals surface area contributed by atoms with Gasteiger partial charge in [0, 0.05) is 24.5 Å². The Labute approximate surface area is 167 Å². The quantitative estimate of drug-likeness (QED) is 0.805. The predicted molar refractivity (Wildman–Crippen MR) is 109 cm³/mol. The third-order valence-corrected chi connectivity index (χ3v) is 5.11. The van der Waals surface area contributed by atoms with Crippen molar-refractivity contribution in [3.63, 3.8) is 0 Å². The molecule has 2 aromatic carbocycles. The van der Waals surface area contributed by atoms with Gasteiger partial charge in [-0.15, -0.1) is 0 Å². The van der Waals surface area contributed by atoms with Crippen LogP contribution in [0.25, 0.3) is 0 Å². The van der Waals surface area contributed by atoms with Crippen molar-refractivity contribution in [1.29, 1.82) is 0 Å². The molecule has 5 heteroatoms. The van der Waals surface area contributed by atoms with Crippen LogP contribution in [0.3, 0.4) is 0 Å². The van der Waals surface area contributed by atoms with Gasteiger partial charge < -0.3 is 19.5 Å². The van der Waals surface area contributed by atoms with Crippen LogP contribution in [0.2, 0.25) is 0 Å². The van der Waals surface area contributed by atoms with Crippen LogP contribution in [0, 0.1) is 6.92 Å². The standard InChI is InChI=1S/C23H29NO4/c1-15-12-16(6-10-20(15)27-5)7-11-22(25)24-19-14-23(2,3)28-21-13-17(26-4)8-9-18(19)21/h6,8-10,12-13,19H,7,11,14H2,1-5H3,(H,24,25). The Hall–Kier alpha value is -2.69. The molecule has 0 aromatic heterocycles. The molecule has 0 bridgehead atoms. The molecule has 0 spiro atoms. The monoisotopic (exact) mass is 383 g/mol. The van der Waals surface area contributed by atoms with Crippen LogP contribution in [0.5, 0.6) is 17.2 Å². The number of ether oxygens (including phenoxy) is 3. The summed E-state index contributed by atoms with van der Waals surface area (Å²) in [4.78, 5) is 12.6. The maximum absolute atomic E-state index is 12.6. The van der Waals surface area contributed by atoms with E-state index in [9.17, 15) is 4.79 Å². The highest BCUT2D eigenvalue weighted by Crippen LogP contribution is 2.41. The van der Waals surface area contributed by atoms with E-state index < -0.39 is 0 Å². The van der Waals surface area contributed by atoms with Crippen LogP contribution in [0.1, 0.15) is 49.4 Å². The van der Waals surface area contributed by atoms with E-state index in [1.807, 2.05) is 51.1 Å². The minimum absolute atomic E-state index is 0.0398. The molecule has 0 saturated carbocycles. The number of amides is 1. The molecule has 1 amide bonds. The summed E-state index contributed by atoms with van der Waals surface area (Å²) in [7, 11) is 3.30. The lowest BCUT2D eigenvalue weighted by Crippen LogP contribution is -2.41. The summed E-state index contributed by atoms with van der Waals surface area (Å²) in [5.41, 5.74) is 2.85. The number of benzene rings is 2. The van der Waals surface area contributed by atoms with Gasteiger partial charge >= 0.3 is 0 Å². The molecule has 3 rings (SSSR count). The van der Waals surface area contributed by atoms with Crippen molar-refractivity contribution in [3.05, 3.63) is 53.1 Å². The van der Waals surface area contributed by atoms with E-state index in [4.69, 9.17) is 14.2 Å². The first kappa shape index (κ1) is 20.1. The molecule has 1 aliphatic rings. The van der Waals surface area contributed by atoms with E-state index in [1.165, 1.54) is 0 Å². The second-order valence-electron chi connectivity index (χ2n) is 7.89. The highest BCUT2D eigenvalue weighted by atomic mass is 16.5. The number of nitrogens with one attached hydrogen (secondary N) is 1. The fourth-order valence-corrected chi connectivity index (χ4v) is 3.71. The molecule has 0 radical (unpaired) electrons. The average Bonchev–Trinajstić information content (AvgIpc) is 2.65. The Balaban J connectivity index is 1.67. The van der Waals surface area contributed by atoms with Crippen molar-refractivity contribution in [3.8, 4) is 17.2 Å². The van der Waals surface area contributed by atoms with Crippen molar-refractivity contribution < 1.29 is 19.0 Å². The Bertz CT molecular complexity index is 860. The van der Waals surface area contributed by atoms with Crippen LogP contribution in [-0.4, -0.2) is 25.7 Å². The summed E-state index contributed by atoms with van der Waals surface area (Å²) >= 11 is 0. The van der Waals surface area contributed by atoms with Crippen LogP contribution in [0.4, 0.5) is 0 Å². The van der Waals surface area contributed by atoms with Gasteiger partial charge in [-0.05, 0) is 56.5 Å². The van der Waals surface area contributed by atoms with E-state index in [2.05, 4.69) is 11.4 Å².